The highest BCUT2D eigenvalue weighted by atomic mass is 32.1. The van der Waals surface area contributed by atoms with Gasteiger partial charge in [0.1, 0.15) is 0 Å². The molecule has 1 N–H and O–H groups in total. The number of nitrogens with zero attached hydrogens (tertiary/aromatic N) is 1. The van der Waals surface area contributed by atoms with Gasteiger partial charge in [0.2, 0.25) is 5.75 Å². The predicted molar refractivity (Wildman–Crippen MR) is 70.9 cm³/mol. The van der Waals surface area contributed by atoms with Crippen LogP contribution in [0.25, 0.3) is 0 Å². The van der Waals surface area contributed by atoms with Crippen molar-refractivity contribution in [2.45, 2.75) is 13.3 Å². The largest absolute Gasteiger partial charge is 0.502 e. The molecule has 0 atom stereocenters. The SMILES string of the molecule is COc1cc(Cc2cnc(C)s2)cc(OC)c1O. The minimum absolute atomic E-state index is 0.0317. The minimum Gasteiger partial charge on any atom is -0.502 e. The van der Waals surface area contributed by atoms with Gasteiger partial charge >= 0.3 is 0 Å². The van der Waals surface area contributed by atoms with Crippen molar-refractivity contribution in [2.75, 3.05) is 14.2 Å². The molecule has 4 nitrogen and oxygen atoms in total. The lowest BCUT2D eigenvalue weighted by atomic mass is 10.1. The van der Waals surface area contributed by atoms with Gasteiger partial charge in [0.25, 0.3) is 0 Å². The van der Waals surface area contributed by atoms with E-state index >= 15 is 0 Å². The van der Waals surface area contributed by atoms with Gasteiger partial charge < -0.3 is 14.6 Å². The topological polar surface area (TPSA) is 51.6 Å². The van der Waals surface area contributed by atoms with Crippen LogP contribution in [0.2, 0.25) is 0 Å². The summed E-state index contributed by atoms with van der Waals surface area (Å²) in [4.78, 5) is 5.39. The third-order valence-corrected chi connectivity index (χ3v) is 3.50. The summed E-state index contributed by atoms with van der Waals surface area (Å²) in [5, 5.41) is 10.9. The first-order valence-electron chi connectivity index (χ1n) is 5.49. The van der Waals surface area contributed by atoms with Gasteiger partial charge in [-0.3, -0.25) is 0 Å². The summed E-state index contributed by atoms with van der Waals surface area (Å²) in [5.74, 6) is 0.875. The molecule has 1 heterocycles. The van der Waals surface area contributed by atoms with Crippen molar-refractivity contribution in [3.63, 3.8) is 0 Å². The summed E-state index contributed by atoms with van der Waals surface area (Å²) in [5.41, 5.74) is 1.02. The Labute approximate surface area is 110 Å². The van der Waals surface area contributed by atoms with Crippen LogP contribution in [-0.2, 0) is 6.42 Å². The molecule has 0 saturated carbocycles. The Morgan fingerprint density at radius 3 is 2.28 bits per heavy atom. The van der Waals surface area contributed by atoms with Gasteiger partial charge in [-0.2, -0.15) is 0 Å². The van der Waals surface area contributed by atoms with E-state index in [1.807, 2.05) is 25.3 Å². The second kappa shape index (κ2) is 5.27. The molecule has 0 fully saturated rings. The van der Waals surface area contributed by atoms with Gasteiger partial charge in [-0.05, 0) is 24.6 Å². The van der Waals surface area contributed by atoms with Crippen molar-refractivity contribution in [1.29, 1.82) is 0 Å². The number of methoxy groups -OCH3 is 2. The first kappa shape index (κ1) is 12.7. The number of ether oxygens (including phenoxy) is 2. The minimum atomic E-state index is 0.0317. The highest BCUT2D eigenvalue weighted by Crippen LogP contribution is 2.37. The molecule has 0 bridgehead atoms. The van der Waals surface area contributed by atoms with E-state index in [2.05, 4.69) is 4.98 Å². The lowest BCUT2D eigenvalue weighted by molar-refractivity contribution is 0.339. The molecule has 2 aromatic rings. The second-order valence-electron chi connectivity index (χ2n) is 3.87. The summed E-state index contributed by atoms with van der Waals surface area (Å²) in [7, 11) is 3.05. The zero-order valence-electron chi connectivity index (χ0n) is 10.6. The molecule has 0 amide bonds. The fourth-order valence-corrected chi connectivity index (χ4v) is 2.57. The maximum absolute atomic E-state index is 9.82. The van der Waals surface area contributed by atoms with Crippen LogP contribution in [0.5, 0.6) is 17.2 Å². The smallest absolute Gasteiger partial charge is 0.200 e. The molecule has 0 saturated heterocycles. The summed E-state index contributed by atoms with van der Waals surface area (Å²) < 4.78 is 10.3. The normalized spacial score (nSPS) is 10.4. The standard InChI is InChI=1S/C13H15NO3S/c1-8-14-7-10(18-8)4-9-5-11(16-2)13(15)12(6-9)17-3/h5-7,15H,4H2,1-3H3. The predicted octanol–water partition coefficient (Wildman–Crippen LogP) is 2.77. The zero-order chi connectivity index (χ0) is 13.1. The number of benzene rings is 1. The zero-order valence-corrected chi connectivity index (χ0v) is 11.4. The molecule has 0 spiro atoms. The fraction of sp³-hybridized carbons (Fsp3) is 0.308. The summed E-state index contributed by atoms with van der Waals surface area (Å²) in [6, 6.07) is 3.62. The van der Waals surface area contributed by atoms with E-state index < -0.39 is 0 Å². The highest BCUT2D eigenvalue weighted by molar-refractivity contribution is 7.11. The molecule has 0 unspecified atom stereocenters. The van der Waals surface area contributed by atoms with Crippen LogP contribution < -0.4 is 9.47 Å². The van der Waals surface area contributed by atoms with Crippen LogP contribution in [0, 0.1) is 6.92 Å². The number of hydrogen-bond acceptors (Lipinski definition) is 5. The maximum atomic E-state index is 9.82. The van der Waals surface area contributed by atoms with Crippen molar-refractivity contribution in [3.8, 4) is 17.2 Å². The van der Waals surface area contributed by atoms with Crippen molar-refractivity contribution in [2.24, 2.45) is 0 Å². The van der Waals surface area contributed by atoms with Crippen molar-refractivity contribution >= 4 is 11.3 Å². The molecule has 18 heavy (non-hydrogen) atoms. The fourth-order valence-electron chi connectivity index (χ4n) is 1.74. The number of aromatic hydroxyl groups is 1. The van der Waals surface area contributed by atoms with E-state index in [4.69, 9.17) is 9.47 Å². The molecule has 2 rings (SSSR count). The van der Waals surface area contributed by atoms with Crippen LogP contribution in [0.1, 0.15) is 15.4 Å². The Morgan fingerprint density at radius 2 is 1.83 bits per heavy atom. The number of hydrogen-bond donors (Lipinski definition) is 1. The third-order valence-electron chi connectivity index (χ3n) is 2.59. The number of aryl methyl sites for hydroxylation is 1. The van der Waals surface area contributed by atoms with Gasteiger partial charge in [0.05, 0.1) is 19.2 Å². The Bertz CT molecular complexity index is 526. The quantitative estimate of drug-likeness (QED) is 0.923. The van der Waals surface area contributed by atoms with Crippen LogP contribution >= 0.6 is 11.3 Å². The monoisotopic (exact) mass is 265 g/mol. The van der Waals surface area contributed by atoms with Crippen molar-refractivity contribution < 1.29 is 14.6 Å². The molecule has 1 aromatic carbocycles. The third kappa shape index (κ3) is 2.56. The maximum Gasteiger partial charge on any atom is 0.200 e. The van der Waals surface area contributed by atoms with Gasteiger partial charge in [-0.1, -0.05) is 0 Å². The van der Waals surface area contributed by atoms with Gasteiger partial charge in [-0.25, -0.2) is 4.98 Å². The van der Waals surface area contributed by atoms with Gasteiger partial charge in [-0.15, -0.1) is 11.3 Å². The van der Waals surface area contributed by atoms with E-state index in [0.29, 0.717) is 11.5 Å². The number of thiazole rings is 1. The average Bonchev–Trinajstić information content (AvgIpc) is 2.76. The number of phenolic OH excluding ortho intramolecular Hbond substituents is 1. The summed E-state index contributed by atoms with van der Waals surface area (Å²) >= 11 is 1.66. The van der Waals surface area contributed by atoms with Crippen LogP contribution in [0.4, 0.5) is 0 Å². The van der Waals surface area contributed by atoms with E-state index in [0.717, 1.165) is 17.0 Å². The lowest BCUT2D eigenvalue weighted by Gasteiger charge is -2.10. The molecule has 1 aromatic heterocycles. The van der Waals surface area contributed by atoms with E-state index in [1.165, 1.54) is 19.1 Å². The van der Waals surface area contributed by atoms with Crippen LogP contribution in [-0.4, -0.2) is 24.3 Å². The van der Waals surface area contributed by atoms with Gasteiger partial charge in [0.15, 0.2) is 11.5 Å². The van der Waals surface area contributed by atoms with Crippen molar-refractivity contribution in [1.82, 2.24) is 4.98 Å². The molecule has 5 heteroatoms. The summed E-state index contributed by atoms with van der Waals surface area (Å²) in [6.45, 7) is 1.98. The lowest BCUT2D eigenvalue weighted by Crippen LogP contribution is -1.93. The van der Waals surface area contributed by atoms with Gasteiger partial charge in [0, 0.05) is 17.5 Å². The molecule has 96 valence electrons. The average molecular weight is 265 g/mol. The molecule has 0 aliphatic heterocycles. The van der Waals surface area contributed by atoms with E-state index in [1.54, 1.807) is 11.3 Å². The van der Waals surface area contributed by atoms with Crippen LogP contribution in [0.3, 0.4) is 0 Å². The van der Waals surface area contributed by atoms with Crippen molar-refractivity contribution in [3.05, 3.63) is 33.8 Å². The first-order valence-corrected chi connectivity index (χ1v) is 6.31. The number of phenols is 1. The van der Waals surface area contributed by atoms with E-state index in [-0.39, 0.29) is 5.75 Å². The Morgan fingerprint density at radius 1 is 1.22 bits per heavy atom. The highest BCUT2D eigenvalue weighted by Gasteiger charge is 2.12. The first-order chi connectivity index (χ1) is 8.63. The summed E-state index contributed by atoms with van der Waals surface area (Å²) in [6.07, 6.45) is 2.62. The van der Waals surface area contributed by atoms with E-state index in [9.17, 15) is 5.11 Å². The molecular formula is C13H15NO3S. The molecular weight excluding hydrogens is 250 g/mol. The Hall–Kier alpha value is -1.75. The molecule has 0 radical (unpaired) electrons. The number of aromatic nitrogens is 1. The molecule has 0 aliphatic carbocycles. The Kier molecular flexibility index (Phi) is 3.72. The second-order valence-corrected chi connectivity index (χ2v) is 5.19. The van der Waals surface area contributed by atoms with Crippen LogP contribution in [0.15, 0.2) is 18.3 Å². The molecule has 0 aliphatic rings. The number of rotatable bonds is 4. The Balaban J connectivity index is 2.33.